The van der Waals surface area contributed by atoms with Crippen molar-refractivity contribution >= 4 is 21.6 Å². The number of nitrogens with zero attached hydrogens (tertiary/aromatic N) is 2. The van der Waals surface area contributed by atoms with Gasteiger partial charge in [-0.25, -0.2) is 8.42 Å². The van der Waals surface area contributed by atoms with Crippen molar-refractivity contribution in [2.24, 2.45) is 5.92 Å². The molecule has 1 aliphatic heterocycles. The fraction of sp³-hybridized carbons (Fsp3) is 0.581. The molecule has 2 aromatic rings. The third kappa shape index (κ3) is 8.94. The number of carbonyl (C=O) groups is 1. The molecule has 2 N–H and O–H groups in total. The third-order valence-corrected chi connectivity index (χ3v) is 8.71. The van der Waals surface area contributed by atoms with Crippen LogP contribution in [-0.4, -0.2) is 67.3 Å². The first kappa shape index (κ1) is 30.3. The van der Waals surface area contributed by atoms with E-state index in [1.165, 1.54) is 12.0 Å². The second-order valence-electron chi connectivity index (χ2n) is 11.4. The summed E-state index contributed by atoms with van der Waals surface area (Å²) < 4.78 is 31.1. The van der Waals surface area contributed by atoms with Crippen molar-refractivity contribution in [1.82, 2.24) is 9.80 Å². The van der Waals surface area contributed by atoms with Crippen LogP contribution in [0, 0.1) is 5.92 Å². The molecular weight excluding hydrogens is 526 g/mol. The number of piperidine rings is 1. The number of carbonyl (C=O) groups excluding carboxylic acids is 1. The number of ether oxygens (including phenoxy) is 1. The van der Waals surface area contributed by atoms with Gasteiger partial charge in [-0.1, -0.05) is 44.7 Å². The molecule has 1 amide bonds. The quantitative estimate of drug-likeness (QED) is 0.355. The SMILES string of the molecule is CCCCN(C(=O)C(O)C1CCCCC1)C1CCN(Cc2ccc(Oc3ccc(NS(C)(=O)=O)cc3)cc2)CC1. The number of hydrogen-bond acceptors (Lipinski definition) is 6. The molecule has 1 saturated heterocycles. The van der Waals surface area contributed by atoms with Crippen molar-refractivity contribution in [3.63, 3.8) is 0 Å². The molecular formula is C31H45N3O5S. The minimum Gasteiger partial charge on any atom is -0.457 e. The number of benzene rings is 2. The van der Waals surface area contributed by atoms with E-state index in [0.29, 0.717) is 17.2 Å². The number of hydrogen-bond donors (Lipinski definition) is 2. The molecule has 1 aliphatic carbocycles. The van der Waals surface area contributed by atoms with Gasteiger partial charge in [-0.3, -0.25) is 14.4 Å². The van der Waals surface area contributed by atoms with Crippen LogP contribution in [0.2, 0.25) is 0 Å². The van der Waals surface area contributed by atoms with Gasteiger partial charge in [0, 0.05) is 37.9 Å². The second kappa shape index (κ2) is 14.3. The molecule has 220 valence electrons. The second-order valence-corrected chi connectivity index (χ2v) is 13.1. The number of aliphatic hydroxyl groups excluding tert-OH is 1. The number of anilines is 1. The number of unbranched alkanes of at least 4 members (excludes halogenated alkanes) is 1. The zero-order valence-corrected chi connectivity index (χ0v) is 24.7. The van der Waals surface area contributed by atoms with Gasteiger partial charge in [-0.15, -0.1) is 0 Å². The lowest BCUT2D eigenvalue weighted by Gasteiger charge is -2.40. The van der Waals surface area contributed by atoms with Crippen LogP contribution in [0.1, 0.15) is 70.3 Å². The molecule has 0 aromatic heterocycles. The lowest BCUT2D eigenvalue weighted by atomic mass is 9.84. The zero-order valence-electron chi connectivity index (χ0n) is 23.9. The Bertz CT molecular complexity index is 1170. The smallest absolute Gasteiger partial charge is 0.251 e. The summed E-state index contributed by atoms with van der Waals surface area (Å²) in [6, 6.07) is 15.0. The van der Waals surface area contributed by atoms with Crippen LogP contribution in [0.5, 0.6) is 11.5 Å². The molecule has 2 fully saturated rings. The highest BCUT2D eigenvalue weighted by Crippen LogP contribution is 2.29. The lowest BCUT2D eigenvalue weighted by molar-refractivity contribution is -0.147. The van der Waals surface area contributed by atoms with Gasteiger partial charge >= 0.3 is 0 Å². The van der Waals surface area contributed by atoms with Crippen molar-refractivity contribution in [2.45, 2.75) is 83.4 Å². The van der Waals surface area contributed by atoms with E-state index < -0.39 is 16.1 Å². The summed E-state index contributed by atoms with van der Waals surface area (Å²) in [6.07, 6.45) is 9.51. The van der Waals surface area contributed by atoms with Gasteiger partial charge in [0.05, 0.1) is 6.26 Å². The Balaban J connectivity index is 1.27. The predicted octanol–water partition coefficient (Wildman–Crippen LogP) is 5.38. The first-order valence-electron chi connectivity index (χ1n) is 14.8. The summed E-state index contributed by atoms with van der Waals surface area (Å²) in [5, 5.41) is 10.9. The first-order valence-corrected chi connectivity index (χ1v) is 16.7. The summed E-state index contributed by atoms with van der Waals surface area (Å²) in [5.74, 6) is 1.42. The standard InChI is InChI=1S/C31H45N3O5S/c1-3-4-20-34(31(36)30(35)25-8-6-5-7-9-25)27-18-21-33(22-19-27)23-24-10-14-28(15-11-24)39-29-16-12-26(13-17-29)32-40(2,37)38/h10-17,25,27,30,32,35H,3-9,18-23H2,1-2H3. The Morgan fingerprint density at radius 3 is 2.17 bits per heavy atom. The summed E-state index contributed by atoms with van der Waals surface area (Å²) in [6.45, 7) is 5.57. The molecule has 0 spiro atoms. The summed E-state index contributed by atoms with van der Waals surface area (Å²) in [7, 11) is -3.31. The van der Waals surface area contributed by atoms with E-state index in [4.69, 9.17) is 4.74 Å². The Hall–Kier alpha value is -2.62. The van der Waals surface area contributed by atoms with Crippen molar-refractivity contribution in [3.05, 3.63) is 54.1 Å². The van der Waals surface area contributed by atoms with Gasteiger partial charge in [0.1, 0.15) is 17.6 Å². The van der Waals surface area contributed by atoms with Crippen molar-refractivity contribution in [3.8, 4) is 11.5 Å². The van der Waals surface area contributed by atoms with Crippen LogP contribution in [0.15, 0.2) is 48.5 Å². The molecule has 1 heterocycles. The molecule has 0 bridgehead atoms. The first-order chi connectivity index (χ1) is 19.2. The van der Waals surface area contributed by atoms with Crippen LogP contribution in [0.4, 0.5) is 5.69 Å². The Morgan fingerprint density at radius 1 is 1.00 bits per heavy atom. The lowest BCUT2D eigenvalue weighted by Crippen LogP contribution is -2.52. The molecule has 9 heteroatoms. The van der Waals surface area contributed by atoms with Gasteiger partial charge in [0.25, 0.3) is 5.91 Å². The van der Waals surface area contributed by atoms with Gasteiger partial charge in [-0.05, 0) is 80.0 Å². The largest absolute Gasteiger partial charge is 0.457 e. The number of sulfonamides is 1. The van der Waals surface area contributed by atoms with E-state index >= 15 is 0 Å². The molecule has 1 unspecified atom stereocenters. The molecule has 1 atom stereocenters. The molecule has 8 nitrogen and oxygen atoms in total. The van der Waals surface area contributed by atoms with E-state index in [2.05, 4.69) is 28.7 Å². The number of aliphatic hydroxyl groups is 1. The van der Waals surface area contributed by atoms with E-state index in [-0.39, 0.29) is 17.9 Å². The average Bonchev–Trinajstić information content (AvgIpc) is 2.95. The fourth-order valence-electron chi connectivity index (χ4n) is 5.87. The van der Waals surface area contributed by atoms with E-state index in [0.717, 1.165) is 83.8 Å². The normalized spacial score (nSPS) is 18.3. The monoisotopic (exact) mass is 571 g/mol. The van der Waals surface area contributed by atoms with Crippen molar-refractivity contribution < 1.29 is 23.1 Å². The third-order valence-electron chi connectivity index (χ3n) is 8.11. The fourth-order valence-corrected chi connectivity index (χ4v) is 6.44. The highest BCUT2D eigenvalue weighted by atomic mass is 32.2. The maximum atomic E-state index is 13.4. The number of likely N-dealkylation sites (tertiary alicyclic amines) is 1. The summed E-state index contributed by atoms with van der Waals surface area (Å²) in [4.78, 5) is 17.8. The van der Waals surface area contributed by atoms with Crippen LogP contribution < -0.4 is 9.46 Å². The minimum atomic E-state index is -3.31. The van der Waals surface area contributed by atoms with Crippen molar-refractivity contribution in [1.29, 1.82) is 0 Å². The topological polar surface area (TPSA) is 99.2 Å². The molecule has 2 aromatic carbocycles. The van der Waals surface area contributed by atoms with E-state index in [1.54, 1.807) is 24.3 Å². The van der Waals surface area contributed by atoms with Gasteiger partial charge in [-0.2, -0.15) is 0 Å². The molecule has 4 rings (SSSR count). The summed E-state index contributed by atoms with van der Waals surface area (Å²) in [5.41, 5.74) is 1.69. The van der Waals surface area contributed by atoms with E-state index in [1.807, 2.05) is 17.0 Å². The average molecular weight is 572 g/mol. The number of rotatable bonds is 12. The van der Waals surface area contributed by atoms with Crippen LogP contribution in [0.25, 0.3) is 0 Å². The Morgan fingerprint density at radius 2 is 1.60 bits per heavy atom. The van der Waals surface area contributed by atoms with E-state index in [9.17, 15) is 18.3 Å². The van der Waals surface area contributed by atoms with Crippen LogP contribution in [-0.2, 0) is 21.4 Å². The van der Waals surface area contributed by atoms with Gasteiger partial charge in [0.15, 0.2) is 0 Å². The Labute approximate surface area is 239 Å². The molecule has 2 aliphatic rings. The highest BCUT2D eigenvalue weighted by molar-refractivity contribution is 7.92. The Kier molecular flexibility index (Phi) is 10.9. The molecule has 40 heavy (non-hydrogen) atoms. The minimum absolute atomic E-state index is 0.0457. The summed E-state index contributed by atoms with van der Waals surface area (Å²) >= 11 is 0. The van der Waals surface area contributed by atoms with Crippen LogP contribution >= 0.6 is 0 Å². The maximum Gasteiger partial charge on any atom is 0.251 e. The number of nitrogens with one attached hydrogen (secondary N) is 1. The number of amides is 1. The molecule has 1 saturated carbocycles. The van der Waals surface area contributed by atoms with Gasteiger partial charge < -0.3 is 14.7 Å². The molecule has 0 radical (unpaired) electrons. The maximum absolute atomic E-state index is 13.4. The predicted molar refractivity (Wildman–Crippen MR) is 159 cm³/mol. The van der Waals surface area contributed by atoms with Crippen LogP contribution in [0.3, 0.4) is 0 Å². The highest BCUT2D eigenvalue weighted by Gasteiger charge is 2.35. The zero-order chi connectivity index (χ0) is 28.5. The van der Waals surface area contributed by atoms with Crippen molar-refractivity contribution in [2.75, 3.05) is 30.6 Å². The van der Waals surface area contributed by atoms with Gasteiger partial charge in [0.2, 0.25) is 10.0 Å².